The minimum atomic E-state index is 0.0909. The molecular weight excluding hydrogens is 260 g/mol. The smallest absolute Gasteiger partial charge is 0.117 e. The van der Waals surface area contributed by atoms with Crippen molar-refractivity contribution in [2.24, 2.45) is 5.41 Å². The minimum absolute atomic E-state index is 0.0909. The summed E-state index contributed by atoms with van der Waals surface area (Å²) in [5, 5.41) is 2.25. The Hall–Kier alpha value is -1.17. The summed E-state index contributed by atoms with van der Waals surface area (Å²) in [6.07, 6.45) is 11.1. The average molecular weight is 290 g/mol. The SMILES string of the molecule is C=C/C=C/[S+](CC)/C(=C/C=C=C(C=C)C(C)(C)C)CC. The Labute approximate surface area is 128 Å². The second-order valence-electron chi connectivity index (χ2n) is 5.45. The van der Waals surface area contributed by atoms with E-state index in [9.17, 15) is 0 Å². The van der Waals surface area contributed by atoms with E-state index < -0.39 is 0 Å². The van der Waals surface area contributed by atoms with Gasteiger partial charge in [-0.3, -0.25) is 0 Å². The largest absolute Gasteiger partial charge is 0.137 e. The topological polar surface area (TPSA) is 0 Å². The molecule has 0 aliphatic rings. The fourth-order valence-electron chi connectivity index (χ4n) is 1.72. The molecule has 110 valence electrons. The van der Waals surface area contributed by atoms with E-state index in [2.05, 4.69) is 65.0 Å². The van der Waals surface area contributed by atoms with Crippen LogP contribution in [0.3, 0.4) is 0 Å². The fourth-order valence-corrected chi connectivity index (χ4v) is 3.37. The van der Waals surface area contributed by atoms with Crippen molar-refractivity contribution >= 4 is 10.9 Å². The zero-order valence-corrected chi connectivity index (χ0v) is 14.5. The van der Waals surface area contributed by atoms with Gasteiger partial charge in [-0.1, -0.05) is 53.0 Å². The molecule has 0 rings (SSSR count). The lowest BCUT2D eigenvalue weighted by molar-refractivity contribution is 0.518. The second kappa shape index (κ2) is 9.69. The van der Waals surface area contributed by atoms with Crippen LogP contribution in [0.2, 0.25) is 0 Å². The Morgan fingerprint density at radius 3 is 2.25 bits per heavy atom. The molecule has 0 spiro atoms. The van der Waals surface area contributed by atoms with Crippen molar-refractivity contribution in [3.63, 3.8) is 0 Å². The standard InChI is InChI=1S/C19H29S/c1-8-12-16-20(11-4)18(10-3)15-13-14-17(9-2)19(5,6)7/h8-9,12-13,15-16H,1-2,10-11H2,3-7H3/q+1/b16-12+,18-15+. The van der Waals surface area contributed by atoms with Crippen molar-refractivity contribution in [1.29, 1.82) is 0 Å². The highest BCUT2D eigenvalue weighted by Gasteiger charge is 2.17. The van der Waals surface area contributed by atoms with Crippen LogP contribution >= 0.6 is 0 Å². The monoisotopic (exact) mass is 289 g/mol. The zero-order chi connectivity index (χ0) is 15.6. The number of hydrogen-bond acceptors (Lipinski definition) is 0. The molecule has 0 nitrogen and oxygen atoms in total. The van der Waals surface area contributed by atoms with Gasteiger partial charge in [0.1, 0.15) is 16.1 Å². The molecule has 0 aliphatic carbocycles. The highest BCUT2D eigenvalue weighted by atomic mass is 32.2. The predicted octanol–water partition coefficient (Wildman–Crippen LogP) is 5.93. The van der Waals surface area contributed by atoms with E-state index in [1.54, 1.807) is 0 Å². The molecule has 1 unspecified atom stereocenters. The van der Waals surface area contributed by atoms with Crippen molar-refractivity contribution in [2.75, 3.05) is 5.75 Å². The van der Waals surface area contributed by atoms with Gasteiger partial charge < -0.3 is 0 Å². The summed E-state index contributed by atoms with van der Waals surface area (Å²) in [5.41, 5.74) is 4.60. The van der Waals surface area contributed by atoms with Crippen LogP contribution in [0, 0.1) is 5.41 Å². The average Bonchev–Trinajstić information content (AvgIpc) is 2.40. The molecule has 0 saturated heterocycles. The minimum Gasteiger partial charge on any atom is -0.117 e. The van der Waals surface area contributed by atoms with Gasteiger partial charge in [-0.25, -0.2) is 0 Å². The number of rotatable bonds is 7. The first-order chi connectivity index (χ1) is 9.40. The van der Waals surface area contributed by atoms with Crippen molar-refractivity contribution in [3.8, 4) is 0 Å². The summed E-state index contributed by atoms with van der Waals surface area (Å²) in [6.45, 7) is 18.6. The van der Waals surface area contributed by atoms with Crippen LogP contribution in [0.4, 0.5) is 0 Å². The number of allylic oxidation sites excluding steroid dienone is 6. The van der Waals surface area contributed by atoms with Crippen LogP contribution in [0.15, 0.2) is 65.2 Å². The molecule has 0 saturated carbocycles. The van der Waals surface area contributed by atoms with Gasteiger partial charge in [0.15, 0.2) is 0 Å². The molecule has 0 aromatic carbocycles. The summed E-state index contributed by atoms with van der Waals surface area (Å²) in [6, 6.07) is 0. The molecule has 0 amide bonds. The van der Waals surface area contributed by atoms with Gasteiger partial charge in [0.05, 0.1) is 0 Å². The van der Waals surface area contributed by atoms with Gasteiger partial charge in [0, 0.05) is 17.3 Å². The van der Waals surface area contributed by atoms with Gasteiger partial charge in [0.25, 0.3) is 0 Å². The molecule has 0 heterocycles. The molecular formula is C19H29S+. The van der Waals surface area contributed by atoms with Gasteiger partial charge >= 0.3 is 0 Å². The second-order valence-corrected chi connectivity index (χ2v) is 7.68. The lowest BCUT2D eigenvalue weighted by Crippen LogP contribution is -2.06. The first-order valence-corrected chi connectivity index (χ1v) is 8.64. The van der Waals surface area contributed by atoms with Crippen molar-refractivity contribution in [1.82, 2.24) is 0 Å². The molecule has 0 fully saturated rings. The quantitative estimate of drug-likeness (QED) is 0.309. The summed E-state index contributed by atoms with van der Waals surface area (Å²) in [7, 11) is 0.196. The summed E-state index contributed by atoms with van der Waals surface area (Å²) < 4.78 is 0. The summed E-state index contributed by atoms with van der Waals surface area (Å²) >= 11 is 0. The van der Waals surface area contributed by atoms with E-state index in [0.29, 0.717) is 0 Å². The maximum Gasteiger partial charge on any atom is 0.137 e. The molecule has 20 heavy (non-hydrogen) atoms. The lowest BCUT2D eigenvalue weighted by Gasteiger charge is -2.17. The molecule has 0 radical (unpaired) electrons. The normalized spacial score (nSPS) is 13.8. The maximum absolute atomic E-state index is 3.88. The van der Waals surface area contributed by atoms with Crippen LogP contribution in [0.25, 0.3) is 0 Å². The molecule has 0 bridgehead atoms. The van der Waals surface area contributed by atoms with Crippen LogP contribution in [0.5, 0.6) is 0 Å². The van der Waals surface area contributed by atoms with Crippen molar-refractivity contribution < 1.29 is 0 Å². The molecule has 1 heteroatoms. The third-order valence-electron chi connectivity index (χ3n) is 2.90. The predicted molar refractivity (Wildman–Crippen MR) is 96.9 cm³/mol. The van der Waals surface area contributed by atoms with Gasteiger partial charge in [-0.15, -0.1) is 5.73 Å². The lowest BCUT2D eigenvalue weighted by atomic mass is 9.87. The molecule has 0 aliphatic heterocycles. The van der Waals surface area contributed by atoms with E-state index in [0.717, 1.165) is 17.7 Å². The molecule has 0 aromatic heterocycles. The van der Waals surface area contributed by atoms with Gasteiger partial charge in [-0.05, 0) is 36.1 Å². The highest BCUT2D eigenvalue weighted by Crippen LogP contribution is 2.24. The van der Waals surface area contributed by atoms with Crippen LogP contribution in [-0.4, -0.2) is 5.75 Å². The van der Waals surface area contributed by atoms with Gasteiger partial charge in [0.2, 0.25) is 0 Å². The third kappa shape index (κ3) is 6.84. The van der Waals surface area contributed by atoms with Crippen molar-refractivity contribution in [3.05, 3.63) is 65.2 Å². The Morgan fingerprint density at radius 2 is 1.85 bits per heavy atom. The fraction of sp³-hybridized carbons (Fsp3) is 0.421. The zero-order valence-electron chi connectivity index (χ0n) is 13.7. The Bertz CT molecular complexity index is 435. The van der Waals surface area contributed by atoms with E-state index >= 15 is 0 Å². The first kappa shape index (κ1) is 18.8. The van der Waals surface area contributed by atoms with Gasteiger partial charge in [-0.2, -0.15) is 0 Å². The summed E-state index contributed by atoms with van der Waals surface area (Å²) in [4.78, 5) is 1.45. The van der Waals surface area contributed by atoms with E-state index in [1.165, 1.54) is 4.91 Å². The highest BCUT2D eigenvalue weighted by molar-refractivity contribution is 8.03. The van der Waals surface area contributed by atoms with Crippen LogP contribution in [0.1, 0.15) is 41.0 Å². The van der Waals surface area contributed by atoms with Crippen LogP contribution < -0.4 is 0 Å². The summed E-state index contributed by atoms with van der Waals surface area (Å²) in [5.74, 6) is 1.13. The number of hydrogen-bond donors (Lipinski definition) is 0. The first-order valence-electron chi connectivity index (χ1n) is 7.18. The van der Waals surface area contributed by atoms with E-state index in [1.807, 2.05) is 24.3 Å². The Balaban J connectivity index is 5.35. The Morgan fingerprint density at radius 1 is 1.20 bits per heavy atom. The molecule has 1 atom stereocenters. The van der Waals surface area contributed by atoms with E-state index in [-0.39, 0.29) is 16.3 Å². The third-order valence-corrected chi connectivity index (χ3v) is 5.10. The van der Waals surface area contributed by atoms with E-state index in [4.69, 9.17) is 0 Å². The molecule has 0 aromatic rings. The Kier molecular flexibility index (Phi) is 9.12. The van der Waals surface area contributed by atoms with Crippen LogP contribution in [-0.2, 0) is 10.9 Å². The maximum atomic E-state index is 3.88. The molecule has 0 N–H and O–H groups in total. The van der Waals surface area contributed by atoms with Crippen molar-refractivity contribution in [2.45, 2.75) is 41.0 Å².